The average Bonchev–Trinajstić information content (AvgIpc) is 3.07. The molecule has 17 heavy (non-hydrogen) atoms. The number of hydrogen-bond acceptors (Lipinski definition) is 4. The van der Waals surface area contributed by atoms with E-state index >= 15 is 0 Å². The van der Waals surface area contributed by atoms with Crippen molar-refractivity contribution in [3.05, 3.63) is 36.0 Å². The van der Waals surface area contributed by atoms with Crippen molar-refractivity contribution in [2.75, 3.05) is 0 Å². The maximum atomic E-state index is 12.7. The number of carbonyl (C=O) groups is 1. The number of benzene rings is 1. The summed E-state index contributed by atoms with van der Waals surface area (Å²) in [6, 6.07) is 5.69. The third-order valence-electron chi connectivity index (χ3n) is 2.68. The highest BCUT2D eigenvalue weighted by Crippen LogP contribution is 2.32. The zero-order valence-corrected chi connectivity index (χ0v) is 8.89. The van der Waals surface area contributed by atoms with Crippen molar-refractivity contribution in [3.63, 3.8) is 0 Å². The Hall–Kier alpha value is -2.04. The largest absolute Gasteiger partial charge is 0.414 e. The Morgan fingerprint density at radius 2 is 1.94 bits per heavy atom. The summed E-state index contributed by atoms with van der Waals surface area (Å²) in [7, 11) is 0. The molecule has 0 atom stereocenters. The minimum atomic E-state index is -0.331. The molecule has 0 saturated heterocycles. The molecule has 1 saturated carbocycles. The Morgan fingerprint density at radius 1 is 1.24 bits per heavy atom. The van der Waals surface area contributed by atoms with Crippen LogP contribution in [0.4, 0.5) is 4.39 Å². The molecule has 1 heterocycles. The summed E-state index contributed by atoms with van der Waals surface area (Å²) in [6.07, 6.45) is 1.79. The summed E-state index contributed by atoms with van der Waals surface area (Å²) < 4.78 is 18.0. The number of aromatic nitrogens is 2. The Balaban J connectivity index is 1.88. The smallest absolute Gasteiger partial charge is 0.284 e. The van der Waals surface area contributed by atoms with Crippen molar-refractivity contribution >= 4 is 5.78 Å². The summed E-state index contributed by atoms with van der Waals surface area (Å²) in [4.78, 5) is 11.6. The second-order valence-corrected chi connectivity index (χ2v) is 4.06. The third-order valence-corrected chi connectivity index (χ3v) is 2.68. The first-order valence-electron chi connectivity index (χ1n) is 5.38. The zero-order chi connectivity index (χ0) is 11.8. The molecule has 2 aromatic rings. The van der Waals surface area contributed by atoms with E-state index < -0.39 is 0 Å². The number of nitrogens with zero attached hydrogens (tertiary/aromatic N) is 2. The van der Waals surface area contributed by atoms with E-state index in [1.165, 1.54) is 24.3 Å². The highest BCUT2D eigenvalue weighted by Gasteiger charge is 2.34. The van der Waals surface area contributed by atoms with Gasteiger partial charge in [-0.1, -0.05) is 0 Å². The van der Waals surface area contributed by atoms with Gasteiger partial charge in [0.1, 0.15) is 5.82 Å². The molecule has 0 spiro atoms. The van der Waals surface area contributed by atoms with Crippen LogP contribution in [0.15, 0.2) is 28.7 Å². The summed E-state index contributed by atoms with van der Waals surface area (Å²) in [5, 5.41) is 7.50. The Kier molecular flexibility index (Phi) is 2.24. The first-order chi connectivity index (χ1) is 8.24. The molecule has 3 rings (SSSR count). The second-order valence-electron chi connectivity index (χ2n) is 4.06. The maximum Gasteiger partial charge on any atom is 0.284 e. The first-order valence-corrected chi connectivity index (χ1v) is 5.38. The fourth-order valence-corrected chi connectivity index (χ4v) is 1.55. The van der Waals surface area contributed by atoms with Crippen LogP contribution in [0.3, 0.4) is 0 Å². The van der Waals surface area contributed by atoms with Gasteiger partial charge in [-0.3, -0.25) is 4.79 Å². The van der Waals surface area contributed by atoms with Gasteiger partial charge in [0.15, 0.2) is 0 Å². The summed E-state index contributed by atoms with van der Waals surface area (Å²) in [6.45, 7) is 0. The van der Waals surface area contributed by atoms with Crippen LogP contribution < -0.4 is 0 Å². The Morgan fingerprint density at radius 3 is 2.59 bits per heavy atom. The molecule has 86 valence electrons. The van der Waals surface area contributed by atoms with Crippen LogP contribution in [0.25, 0.3) is 11.5 Å². The quantitative estimate of drug-likeness (QED) is 0.763. The monoisotopic (exact) mass is 232 g/mol. The normalized spacial score (nSPS) is 14.9. The number of Topliss-reactive ketones (excluding diaryl/α,β-unsaturated/α-hetero) is 1. The van der Waals surface area contributed by atoms with Crippen LogP contribution in [0.2, 0.25) is 0 Å². The van der Waals surface area contributed by atoms with Gasteiger partial charge in [-0.15, -0.1) is 10.2 Å². The fourth-order valence-electron chi connectivity index (χ4n) is 1.55. The van der Waals surface area contributed by atoms with E-state index in [0.29, 0.717) is 5.56 Å². The molecular weight excluding hydrogens is 223 g/mol. The summed E-state index contributed by atoms with van der Waals surface area (Å²) in [5.41, 5.74) is 0.605. The van der Waals surface area contributed by atoms with Crippen molar-refractivity contribution < 1.29 is 13.6 Å². The number of rotatable bonds is 3. The van der Waals surface area contributed by atoms with Crippen LogP contribution in [-0.4, -0.2) is 16.0 Å². The second kappa shape index (κ2) is 3.76. The Labute approximate surface area is 96.5 Å². The van der Waals surface area contributed by atoms with Crippen LogP contribution in [0.5, 0.6) is 0 Å². The van der Waals surface area contributed by atoms with E-state index in [2.05, 4.69) is 10.2 Å². The molecule has 1 aliphatic carbocycles. The predicted molar refractivity (Wildman–Crippen MR) is 56.7 cm³/mol. The molecule has 0 aliphatic heterocycles. The first kappa shape index (κ1) is 10.1. The lowest BCUT2D eigenvalue weighted by atomic mass is 10.2. The predicted octanol–water partition coefficient (Wildman–Crippen LogP) is 2.47. The van der Waals surface area contributed by atoms with E-state index in [4.69, 9.17) is 4.42 Å². The number of ketones is 1. The number of halogens is 1. The zero-order valence-electron chi connectivity index (χ0n) is 8.89. The lowest BCUT2D eigenvalue weighted by molar-refractivity contribution is 0.0934. The molecule has 4 nitrogen and oxygen atoms in total. The van der Waals surface area contributed by atoms with Crippen LogP contribution in [0, 0.1) is 11.7 Å². The minimum absolute atomic E-state index is 0.0480. The van der Waals surface area contributed by atoms with Gasteiger partial charge in [0.25, 0.3) is 5.89 Å². The van der Waals surface area contributed by atoms with Crippen molar-refractivity contribution in [2.45, 2.75) is 12.8 Å². The summed E-state index contributed by atoms with van der Waals surface area (Å²) in [5.74, 6) is -0.0780. The highest BCUT2D eigenvalue weighted by molar-refractivity contribution is 5.95. The van der Waals surface area contributed by atoms with Crippen LogP contribution in [-0.2, 0) is 0 Å². The van der Waals surface area contributed by atoms with Crippen molar-refractivity contribution in [2.24, 2.45) is 5.92 Å². The molecule has 1 aliphatic rings. The molecule has 0 amide bonds. The molecule has 0 N–H and O–H groups in total. The van der Waals surface area contributed by atoms with E-state index in [-0.39, 0.29) is 29.3 Å². The van der Waals surface area contributed by atoms with Gasteiger partial charge in [0, 0.05) is 11.5 Å². The molecule has 1 aromatic heterocycles. The number of hydrogen-bond donors (Lipinski definition) is 0. The highest BCUT2D eigenvalue weighted by atomic mass is 19.1. The van der Waals surface area contributed by atoms with Crippen LogP contribution in [0.1, 0.15) is 23.5 Å². The van der Waals surface area contributed by atoms with Gasteiger partial charge < -0.3 is 4.42 Å². The van der Waals surface area contributed by atoms with E-state index in [1.54, 1.807) is 0 Å². The standard InChI is InChI=1S/C12H9FN2O2/c13-9-5-3-8(4-6-9)11-14-15-12(17-11)10(16)7-1-2-7/h3-7H,1-2H2. The lowest BCUT2D eigenvalue weighted by Gasteiger charge is -1.93. The van der Waals surface area contributed by atoms with Crippen LogP contribution >= 0.6 is 0 Å². The van der Waals surface area contributed by atoms with E-state index in [9.17, 15) is 9.18 Å². The average molecular weight is 232 g/mol. The molecule has 1 aromatic carbocycles. The maximum absolute atomic E-state index is 12.7. The molecule has 0 bridgehead atoms. The van der Waals surface area contributed by atoms with Crippen molar-refractivity contribution in [3.8, 4) is 11.5 Å². The van der Waals surface area contributed by atoms with Crippen molar-refractivity contribution in [1.29, 1.82) is 0 Å². The lowest BCUT2D eigenvalue weighted by Crippen LogP contribution is -2.01. The third kappa shape index (κ3) is 1.95. The van der Waals surface area contributed by atoms with E-state index in [1.807, 2.05) is 0 Å². The minimum Gasteiger partial charge on any atom is -0.414 e. The van der Waals surface area contributed by atoms with Gasteiger partial charge in [-0.25, -0.2) is 4.39 Å². The van der Waals surface area contributed by atoms with Gasteiger partial charge in [-0.05, 0) is 37.1 Å². The molecule has 1 fully saturated rings. The van der Waals surface area contributed by atoms with Gasteiger partial charge in [0.2, 0.25) is 11.7 Å². The van der Waals surface area contributed by atoms with Gasteiger partial charge in [-0.2, -0.15) is 0 Å². The number of carbonyl (C=O) groups excluding carboxylic acids is 1. The van der Waals surface area contributed by atoms with Gasteiger partial charge >= 0.3 is 0 Å². The van der Waals surface area contributed by atoms with Crippen molar-refractivity contribution in [1.82, 2.24) is 10.2 Å². The van der Waals surface area contributed by atoms with Gasteiger partial charge in [0.05, 0.1) is 0 Å². The Bertz CT molecular complexity index is 558. The fraction of sp³-hybridized carbons (Fsp3) is 0.250. The van der Waals surface area contributed by atoms with E-state index in [0.717, 1.165) is 12.8 Å². The topological polar surface area (TPSA) is 56.0 Å². The molecule has 0 radical (unpaired) electrons. The molecule has 5 heteroatoms. The SMILES string of the molecule is O=C(c1nnc(-c2ccc(F)cc2)o1)C1CC1. The molecule has 0 unspecified atom stereocenters. The molecular formula is C12H9FN2O2. The summed E-state index contributed by atoms with van der Waals surface area (Å²) >= 11 is 0.